The zero-order valence-electron chi connectivity index (χ0n) is 13.2. The molecule has 0 N–H and O–H groups in total. The molecule has 1 fully saturated rings. The van der Waals surface area contributed by atoms with E-state index in [9.17, 15) is 4.79 Å². The fourth-order valence-corrected chi connectivity index (χ4v) is 3.46. The van der Waals surface area contributed by atoms with Crippen LogP contribution in [0.25, 0.3) is 0 Å². The molecule has 2 heteroatoms. The van der Waals surface area contributed by atoms with Crippen LogP contribution in [-0.4, -0.2) is 12.1 Å². The molecule has 0 spiro atoms. The van der Waals surface area contributed by atoms with Crippen molar-refractivity contribution < 1.29 is 9.53 Å². The SMILES string of the molecule is C#CCC1=C(C)C(OC(=O)C2C(C)(C)C2(C)C)CC1=C. The van der Waals surface area contributed by atoms with Crippen LogP contribution in [0.1, 0.15) is 47.5 Å². The second-order valence-electron chi connectivity index (χ2n) is 7.15. The van der Waals surface area contributed by atoms with E-state index in [1.165, 1.54) is 0 Å². The molecule has 2 aliphatic carbocycles. The van der Waals surface area contributed by atoms with Gasteiger partial charge in [0.25, 0.3) is 0 Å². The van der Waals surface area contributed by atoms with Crippen molar-refractivity contribution in [3.05, 3.63) is 23.3 Å². The molecule has 20 heavy (non-hydrogen) atoms. The van der Waals surface area contributed by atoms with Gasteiger partial charge < -0.3 is 4.74 Å². The minimum Gasteiger partial charge on any atom is -0.457 e. The Kier molecular flexibility index (Phi) is 3.37. The van der Waals surface area contributed by atoms with Crippen LogP contribution in [0.2, 0.25) is 0 Å². The number of terminal acetylenes is 1. The standard InChI is InChI=1S/C18H24O2/c1-8-9-13-11(2)10-14(12(13)3)20-16(19)15-17(4,5)18(15,6)7/h1,14-15H,2,9-10H2,3-7H3. The number of ether oxygens (including phenoxy) is 1. The molecule has 1 atom stereocenters. The third-order valence-corrected chi connectivity index (χ3v) is 5.61. The predicted molar refractivity (Wildman–Crippen MR) is 80.8 cm³/mol. The lowest BCUT2D eigenvalue weighted by atomic mass is 10.0. The van der Waals surface area contributed by atoms with Gasteiger partial charge in [-0.25, -0.2) is 0 Å². The number of carbonyl (C=O) groups is 1. The van der Waals surface area contributed by atoms with E-state index in [1.807, 2.05) is 6.92 Å². The highest BCUT2D eigenvalue weighted by Crippen LogP contribution is 2.68. The van der Waals surface area contributed by atoms with Crippen LogP contribution in [0.4, 0.5) is 0 Å². The molecule has 1 saturated carbocycles. The molecule has 0 amide bonds. The summed E-state index contributed by atoms with van der Waals surface area (Å²) in [6.45, 7) is 14.5. The molecule has 0 heterocycles. The maximum Gasteiger partial charge on any atom is 0.310 e. The minimum absolute atomic E-state index is 0.0129. The van der Waals surface area contributed by atoms with Crippen molar-refractivity contribution in [1.82, 2.24) is 0 Å². The average molecular weight is 272 g/mol. The van der Waals surface area contributed by atoms with Gasteiger partial charge in [0.15, 0.2) is 0 Å². The fourth-order valence-electron chi connectivity index (χ4n) is 3.46. The van der Waals surface area contributed by atoms with Gasteiger partial charge >= 0.3 is 5.97 Å². The summed E-state index contributed by atoms with van der Waals surface area (Å²) in [5.74, 6) is 2.54. The van der Waals surface area contributed by atoms with Crippen LogP contribution in [0.3, 0.4) is 0 Å². The molecular formula is C18H24O2. The normalized spacial score (nSPS) is 27.4. The molecule has 1 unspecified atom stereocenters. The summed E-state index contributed by atoms with van der Waals surface area (Å²) in [5.41, 5.74) is 3.18. The zero-order valence-corrected chi connectivity index (χ0v) is 13.2. The van der Waals surface area contributed by atoms with Crippen molar-refractivity contribution in [1.29, 1.82) is 0 Å². The summed E-state index contributed by atoms with van der Waals surface area (Å²) in [7, 11) is 0. The monoisotopic (exact) mass is 272 g/mol. The predicted octanol–water partition coefficient (Wildman–Crippen LogP) is 3.88. The van der Waals surface area contributed by atoms with E-state index in [2.05, 4.69) is 40.2 Å². The summed E-state index contributed by atoms with van der Waals surface area (Å²) >= 11 is 0. The number of hydrogen-bond acceptors (Lipinski definition) is 2. The molecule has 0 radical (unpaired) electrons. The Bertz CT molecular complexity index is 526. The van der Waals surface area contributed by atoms with Gasteiger partial charge in [-0.2, -0.15) is 0 Å². The summed E-state index contributed by atoms with van der Waals surface area (Å²) < 4.78 is 5.74. The van der Waals surface area contributed by atoms with Crippen molar-refractivity contribution >= 4 is 5.97 Å². The summed E-state index contributed by atoms with van der Waals surface area (Å²) in [4.78, 5) is 12.4. The number of rotatable bonds is 3. The highest BCUT2D eigenvalue weighted by molar-refractivity contribution is 5.79. The first-order valence-corrected chi connectivity index (χ1v) is 7.16. The third kappa shape index (κ3) is 2.00. The Hall–Kier alpha value is -1.49. The van der Waals surface area contributed by atoms with Crippen LogP contribution >= 0.6 is 0 Å². The molecule has 2 aliphatic rings. The largest absolute Gasteiger partial charge is 0.457 e. The highest BCUT2D eigenvalue weighted by atomic mass is 16.5. The van der Waals surface area contributed by atoms with Gasteiger partial charge in [-0.15, -0.1) is 12.3 Å². The summed E-state index contributed by atoms with van der Waals surface area (Å²) in [6, 6.07) is 0. The van der Waals surface area contributed by atoms with Crippen LogP contribution in [-0.2, 0) is 9.53 Å². The Morgan fingerprint density at radius 1 is 1.40 bits per heavy atom. The number of allylic oxidation sites excluding steroid dienone is 1. The van der Waals surface area contributed by atoms with E-state index >= 15 is 0 Å². The first-order valence-electron chi connectivity index (χ1n) is 7.16. The van der Waals surface area contributed by atoms with Gasteiger partial charge in [-0.1, -0.05) is 34.3 Å². The quantitative estimate of drug-likeness (QED) is 0.575. The lowest BCUT2D eigenvalue weighted by molar-refractivity contribution is -0.150. The highest BCUT2D eigenvalue weighted by Gasteiger charge is 2.69. The van der Waals surface area contributed by atoms with E-state index in [1.54, 1.807) is 0 Å². The zero-order chi connectivity index (χ0) is 15.3. The van der Waals surface area contributed by atoms with E-state index < -0.39 is 0 Å². The molecule has 2 nitrogen and oxygen atoms in total. The summed E-state index contributed by atoms with van der Waals surface area (Å²) in [6.07, 6.45) is 6.45. The molecule has 0 bridgehead atoms. The van der Waals surface area contributed by atoms with E-state index in [0.717, 1.165) is 16.7 Å². The number of hydrogen-bond donors (Lipinski definition) is 0. The topological polar surface area (TPSA) is 26.3 Å². The Balaban J connectivity index is 2.08. The third-order valence-electron chi connectivity index (χ3n) is 5.61. The van der Waals surface area contributed by atoms with Gasteiger partial charge in [-0.3, -0.25) is 4.79 Å². The molecule has 0 aromatic carbocycles. The summed E-state index contributed by atoms with van der Waals surface area (Å²) in [5, 5.41) is 0. The van der Waals surface area contributed by atoms with Gasteiger partial charge in [0.05, 0.1) is 5.92 Å². The molecule has 0 aromatic rings. The molecule has 0 saturated heterocycles. The number of esters is 1. The Morgan fingerprint density at radius 2 is 1.95 bits per heavy atom. The Labute approximate surface area is 122 Å². The van der Waals surface area contributed by atoms with Crippen molar-refractivity contribution in [2.75, 3.05) is 0 Å². The van der Waals surface area contributed by atoms with Gasteiger partial charge in [0, 0.05) is 12.8 Å². The van der Waals surface area contributed by atoms with E-state index in [-0.39, 0.29) is 28.8 Å². The van der Waals surface area contributed by atoms with Crippen LogP contribution in [0, 0.1) is 29.1 Å². The van der Waals surface area contributed by atoms with Crippen LogP contribution in [0.5, 0.6) is 0 Å². The smallest absolute Gasteiger partial charge is 0.310 e. The van der Waals surface area contributed by atoms with Gasteiger partial charge in [0.1, 0.15) is 6.10 Å². The van der Waals surface area contributed by atoms with Gasteiger partial charge in [0.2, 0.25) is 0 Å². The van der Waals surface area contributed by atoms with Crippen molar-refractivity contribution in [2.24, 2.45) is 16.7 Å². The lowest BCUT2D eigenvalue weighted by Crippen LogP contribution is -2.20. The van der Waals surface area contributed by atoms with Crippen molar-refractivity contribution in [3.63, 3.8) is 0 Å². The number of carbonyl (C=O) groups excluding carboxylic acids is 1. The molecule has 0 aliphatic heterocycles. The first kappa shape index (κ1) is 14.9. The fraction of sp³-hybridized carbons (Fsp3) is 0.611. The average Bonchev–Trinajstić information content (AvgIpc) is 2.58. The second kappa shape index (κ2) is 4.52. The minimum atomic E-state index is -0.175. The van der Waals surface area contributed by atoms with Crippen molar-refractivity contribution in [3.8, 4) is 12.3 Å². The van der Waals surface area contributed by atoms with Gasteiger partial charge in [-0.05, 0) is 34.5 Å². The maximum atomic E-state index is 12.4. The van der Waals surface area contributed by atoms with Crippen LogP contribution < -0.4 is 0 Å². The molecule has 0 aromatic heterocycles. The maximum absolute atomic E-state index is 12.4. The molecular weight excluding hydrogens is 248 g/mol. The first-order chi connectivity index (χ1) is 9.14. The second-order valence-corrected chi connectivity index (χ2v) is 7.15. The van der Waals surface area contributed by atoms with E-state index in [4.69, 9.17) is 11.2 Å². The lowest BCUT2D eigenvalue weighted by Gasteiger charge is -2.14. The van der Waals surface area contributed by atoms with Crippen LogP contribution in [0.15, 0.2) is 23.3 Å². The van der Waals surface area contributed by atoms with E-state index in [0.29, 0.717) is 12.8 Å². The molecule has 2 rings (SSSR count). The van der Waals surface area contributed by atoms with Crippen molar-refractivity contribution in [2.45, 2.75) is 53.6 Å². The molecule has 108 valence electrons. The Morgan fingerprint density at radius 3 is 2.40 bits per heavy atom.